The van der Waals surface area contributed by atoms with E-state index in [1.54, 1.807) is 6.33 Å². The van der Waals surface area contributed by atoms with Gasteiger partial charge in [0.2, 0.25) is 5.91 Å². The molecule has 8 heteroatoms. The molecule has 0 aliphatic rings. The van der Waals surface area contributed by atoms with Crippen molar-refractivity contribution in [2.24, 2.45) is 22.7 Å². The monoisotopic (exact) mass is 268 g/mol. The van der Waals surface area contributed by atoms with E-state index in [0.717, 1.165) is 6.54 Å². The minimum Gasteiger partial charge on any atom is -0.409 e. The molecule has 1 heterocycles. The normalized spacial score (nSPS) is 13.6. The highest BCUT2D eigenvalue weighted by Gasteiger charge is 2.26. The third kappa shape index (κ3) is 3.67. The number of carbonyl (C=O) groups excluding carboxylic acids is 1. The molecule has 1 aromatic heterocycles. The first-order valence-electron chi connectivity index (χ1n) is 6.13. The van der Waals surface area contributed by atoms with Crippen molar-refractivity contribution in [2.45, 2.75) is 33.9 Å². The van der Waals surface area contributed by atoms with E-state index in [0.29, 0.717) is 5.82 Å². The first-order valence-corrected chi connectivity index (χ1v) is 6.13. The zero-order chi connectivity index (χ0) is 14.4. The van der Waals surface area contributed by atoms with Crippen LogP contribution in [0.3, 0.4) is 0 Å². The average molecular weight is 268 g/mol. The van der Waals surface area contributed by atoms with E-state index in [-0.39, 0.29) is 24.2 Å². The number of nitrogens with one attached hydrogen (secondary N) is 1. The number of hydrogen-bond donors (Lipinski definition) is 3. The lowest BCUT2D eigenvalue weighted by Crippen LogP contribution is -2.41. The minimum atomic E-state index is -0.664. The zero-order valence-electron chi connectivity index (χ0n) is 11.4. The SMILES string of the molecule is CCn1cnnc1CNC(=O)C(C(N)=NO)C(C)C. The number of nitrogens with zero attached hydrogens (tertiary/aromatic N) is 4. The molecule has 1 atom stereocenters. The van der Waals surface area contributed by atoms with Gasteiger partial charge in [-0.2, -0.15) is 0 Å². The third-order valence-electron chi connectivity index (χ3n) is 2.84. The molecule has 8 nitrogen and oxygen atoms in total. The highest BCUT2D eigenvalue weighted by Crippen LogP contribution is 2.11. The molecule has 0 fully saturated rings. The Balaban J connectivity index is 2.68. The van der Waals surface area contributed by atoms with E-state index in [1.807, 2.05) is 25.3 Å². The van der Waals surface area contributed by atoms with E-state index < -0.39 is 5.92 Å². The highest BCUT2D eigenvalue weighted by molar-refractivity contribution is 6.02. The van der Waals surface area contributed by atoms with Crippen LogP contribution in [0.25, 0.3) is 0 Å². The predicted octanol–water partition coefficient (Wildman–Crippen LogP) is -0.0672. The van der Waals surface area contributed by atoms with Gasteiger partial charge < -0.3 is 20.8 Å². The van der Waals surface area contributed by atoms with E-state index in [9.17, 15) is 4.79 Å². The Morgan fingerprint density at radius 1 is 1.63 bits per heavy atom. The highest BCUT2D eigenvalue weighted by atomic mass is 16.4. The maximum absolute atomic E-state index is 12.0. The van der Waals surface area contributed by atoms with Crippen molar-refractivity contribution in [1.29, 1.82) is 0 Å². The Morgan fingerprint density at radius 3 is 2.84 bits per heavy atom. The fourth-order valence-electron chi connectivity index (χ4n) is 1.80. The van der Waals surface area contributed by atoms with Crippen molar-refractivity contribution in [3.63, 3.8) is 0 Å². The molecule has 0 spiro atoms. The van der Waals surface area contributed by atoms with Crippen LogP contribution in [0.15, 0.2) is 11.5 Å². The number of rotatable bonds is 6. The van der Waals surface area contributed by atoms with Crippen LogP contribution in [-0.4, -0.2) is 31.7 Å². The fourth-order valence-corrected chi connectivity index (χ4v) is 1.80. The van der Waals surface area contributed by atoms with Crippen molar-refractivity contribution < 1.29 is 10.0 Å². The molecule has 19 heavy (non-hydrogen) atoms. The molecular weight excluding hydrogens is 248 g/mol. The van der Waals surface area contributed by atoms with Crippen molar-refractivity contribution in [3.8, 4) is 0 Å². The molecule has 1 unspecified atom stereocenters. The summed E-state index contributed by atoms with van der Waals surface area (Å²) in [6.45, 7) is 6.61. The number of hydrogen-bond acceptors (Lipinski definition) is 5. The van der Waals surface area contributed by atoms with Gasteiger partial charge in [-0.3, -0.25) is 4.79 Å². The van der Waals surface area contributed by atoms with Crippen LogP contribution in [0.1, 0.15) is 26.6 Å². The Morgan fingerprint density at radius 2 is 2.32 bits per heavy atom. The van der Waals surface area contributed by atoms with Crippen LogP contribution < -0.4 is 11.1 Å². The molecule has 0 aromatic carbocycles. The Labute approximate surface area is 111 Å². The van der Waals surface area contributed by atoms with Gasteiger partial charge in [-0.25, -0.2) is 0 Å². The summed E-state index contributed by atoms with van der Waals surface area (Å²) in [5.74, 6) is -0.457. The summed E-state index contributed by atoms with van der Waals surface area (Å²) in [6, 6.07) is 0. The second-order valence-corrected chi connectivity index (χ2v) is 4.50. The molecular formula is C11H20N6O2. The number of aromatic nitrogens is 3. The van der Waals surface area contributed by atoms with E-state index >= 15 is 0 Å². The van der Waals surface area contributed by atoms with Crippen LogP contribution in [0.2, 0.25) is 0 Å². The first kappa shape index (κ1) is 14.9. The largest absolute Gasteiger partial charge is 0.409 e. The smallest absolute Gasteiger partial charge is 0.231 e. The second-order valence-electron chi connectivity index (χ2n) is 4.50. The summed E-state index contributed by atoms with van der Waals surface area (Å²) < 4.78 is 1.83. The van der Waals surface area contributed by atoms with Gasteiger partial charge >= 0.3 is 0 Å². The molecule has 0 saturated carbocycles. The summed E-state index contributed by atoms with van der Waals surface area (Å²) in [7, 11) is 0. The van der Waals surface area contributed by atoms with Crippen molar-refractivity contribution in [1.82, 2.24) is 20.1 Å². The third-order valence-corrected chi connectivity index (χ3v) is 2.84. The van der Waals surface area contributed by atoms with Crippen LogP contribution in [-0.2, 0) is 17.9 Å². The van der Waals surface area contributed by atoms with Gasteiger partial charge in [0.05, 0.1) is 6.54 Å². The zero-order valence-corrected chi connectivity index (χ0v) is 11.4. The maximum atomic E-state index is 12.0. The number of carbonyl (C=O) groups is 1. The van der Waals surface area contributed by atoms with E-state index in [2.05, 4.69) is 20.7 Å². The van der Waals surface area contributed by atoms with E-state index in [1.165, 1.54) is 0 Å². The van der Waals surface area contributed by atoms with Crippen molar-refractivity contribution in [2.75, 3.05) is 0 Å². The Bertz CT molecular complexity index is 454. The van der Waals surface area contributed by atoms with Gasteiger partial charge in [-0.1, -0.05) is 19.0 Å². The standard InChI is InChI=1S/C11H20N6O2/c1-4-17-6-14-15-8(17)5-13-11(18)9(7(2)3)10(12)16-19/h6-7,9,19H,4-5H2,1-3H3,(H2,12,16)(H,13,18). The van der Waals surface area contributed by atoms with Gasteiger partial charge in [0.15, 0.2) is 11.7 Å². The van der Waals surface area contributed by atoms with E-state index in [4.69, 9.17) is 10.9 Å². The van der Waals surface area contributed by atoms with Gasteiger partial charge in [-0.15, -0.1) is 10.2 Å². The number of oxime groups is 1. The lowest BCUT2D eigenvalue weighted by molar-refractivity contribution is -0.124. The summed E-state index contributed by atoms with van der Waals surface area (Å²) in [5, 5.41) is 22.0. The van der Waals surface area contributed by atoms with Crippen LogP contribution in [0, 0.1) is 11.8 Å². The molecule has 1 amide bonds. The van der Waals surface area contributed by atoms with Gasteiger partial charge in [0, 0.05) is 6.54 Å². The summed E-state index contributed by atoms with van der Waals surface area (Å²) in [4.78, 5) is 12.0. The minimum absolute atomic E-state index is 0.0695. The quantitative estimate of drug-likeness (QED) is 0.289. The molecule has 4 N–H and O–H groups in total. The Kier molecular flexibility index (Phi) is 5.28. The molecule has 0 saturated heterocycles. The first-order chi connectivity index (χ1) is 9.01. The van der Waals surface area contributed by atoms with Crippen LogP contribution in [0.4, 0.5) is 0 Å². The number of amides is 1. The molecule has 1 rings (SSSR count). The summed E-state index contributed by atoms with van der Waals surface area (Å²) >= 11 is 0. The van der Waals surface area contributed by atoms with Gasteiger partial charge in [-0.05, 0) is 12.8 Å². The summed E-state index contributed by atoms with van der Waals surface area (Å²) in [5.41, 5.74) is 5.53. The Hall–Kier alpha value is -2.12. The molecule has 0 bridgehead atoms. The molecule has 0 aliphatic carbocycles. The predicted molar refractivity (Wildman–Crippen MR) is 69.3 cm³/mol. The molecule has 0 radical (unpaired) electrons. The van der Waals surface area contributed by atoms with Crippen LogP contribution >= 0.6 is 0 Å². The fraction of sp³-hybridized carbons (Fsp3) is 0.636. The number of amidine groups is 1. The number of nitrogens with two attached hydrogens (primary N) is 1. The molecule has 1 aromatic rings. The average Bonchev–Trinajstić information content (AvgIpc) is 2.83. The topological polar surface area (TPSA) is 118 Å². The van der Waals surface area contributed by atoms with Crippen molar-refractivity contribution >= 4 is 11.7 Å². The van der Waals surface area contributed by atoms with Crippen LogP contribution in [0.5, 0.6) is 0 Å². The maximum Gasteiger partial charge on any atom is 0.231 e. The lowest BCUT2D eigenvalue weighted by atomic mass is 9.94. The molecule has 106 valence electrons. The number of aryl methyl sites for hydroxylation is 1. The van der Waals surface area contributed by atoms with Crippen molar-refractivity contribution in [3.05, 3.63) is 12.2 Å². The summed E-state index contributed by atoms with van der Waals surface area (Å²) in [6.07, 6.45) is 1.60. The lowest BCUT2D eigenvalue weighted by Gasteiger charge is -2.18. The molecule has 0 aliphatic heterocycles. The van der Waals surface area contributed by atoms with Gasteiger partial charge in [0.25, 0.3) is 0 Å². The van der Waals surface area contributed by atoms with Gasteiger partial charge in [0.1, 0.15) is 12.2 Å². The second kappa shape index (κ2) is 6.72.